The number of amides is 1. The van der Waals surface area contributed by atoms with Gasteiger partial charge in [-0.25, -0.2) is 0 Å². The Hall–Kier alpha value is -2.34. The molecule has 0 aliphatic carbocycles. The van der Waals surface area contributed by atoms with Gasteiger partial charge in [0.15, 0.2) is 0 Å². The first kappa shape index (κ1) is 20.4. The number of carbonyl (C=O) groups is 1. The number of pyridine rings is 1. The topological polar surface area (TPSA) is 71.3 Å². The lowest BCUT2D eigenvalue weighted by Gasteiger charge is -2.16. The number of benzene rings is 2. The second-order valence-corrected chi connectivity index (χ2v) is 7.53. The fourth-order valence-corrected chi connectivity index (χ4v) is 3.32. The molecule has 0 saturated carbocycles. The number of nitrogens with zero attached hydrogens (tertiary/aromatic N) is 1. The fraction of sp³-hybridized carbons (Fsp3) is 0.238. The van der Waals surface area contributed by atoms with Crippen molar-refractivity contribution < 1.29 is 9.90 Å². The summed E-state index contributed by atoms with van der Waals surface area (Å²) in [7, 11) is 0. The van der Waals surface area contributed by atoms with Crippen molar-refractivity contribution in [1.29, 1.82) is 0 Å². The van der Waals surface area contributed by atoms with Gasteiger partial charge in [0.1, 0.15) is 0 Å². The first-order valence-corrected chi connectivity index (χ1v) is 9.59. The summed E-state index contributed by atoms with van der Waals surface area (Å²) in [5, 5.41) is 14.2. The van der Waals surface area contributed by atoms with Crippen LogP contribution in [0.4, 0.5) is 5.69 Å². The molecule has 1 heterocycles. The van der Waals surface area contributed by atoms with Crippen molar-refractivity contribution in [2.75, 3.05) is 11.9 Å². The lowest BCUT2D eigenvalue weighted by Crippen LogP contribution is -2.25. The molecule has 5 nitrogen and oxygen atoms in total. The van der Waals surface area contributed by atoms with Crippen LogP contribution >= 0.6 is 23.2 Å². The summed E-state index contributed by atoms with van der Waals surface area (Å²) in [4.78, 5) is 25.5. The molecule has 0 aliphatic rings. The van der Waals surface area contributed by atoms with E-state index in [2.05, 4.69) is 5.32 Å². The average molecular weight is 419 g/mol. The highest BCUT2D eigenvalue weighted by Gasteiger charge is 2.18. The molecule has 2 N–H and O–H groups in total. The normalized spacial score (nSPS) is 13.3. The summed E-state index contributed by atoms with van der Waals surface area (Å²) in [6.07, 6.45) is 1.63. The molecule has 3 rings (SSSR count). The summed E-state index contributed by atoms with van der Waals surface area (Å²) in [5.41, 5.74) is 1.08. The SMILES string of the molecule is CC(C(=O)Nc1cccc2c(=O)n([C@H](C)CO)ccc12)c1ccc(Cl)c(Cl)c1. The first-order valence-electron chi connectivity index (χ1n) is 8.84. The molecule has 1 amide bonds. The molecule has 2 aromatic carbocycles. The number of anilines is 1. The van der Waals surface area contributed by atoms with Crippen LogP contribution in [0, 0.1) is 0 Å². The van der Waals surface area contributed by atoms with E-state index < -0.39 is 5.92 Å². The molecule has 7 heteroatoms. The van der Waals surface area contributed by atoms with E-state index in [-0.39, 0.29) is 24.1 Å². The van der Waals surface area contributed by atoms with Crippen molar-refractivity contribution in [3.63, 3.8) is 0 Å². The third-order valence-electron chi connectivity index (χ3n) is 4.81. The summed E-state index contributed by atoms with van der Waals surface area (Å²) in [6, 6.07) is 11.7. The van der Waals surface area contributed by atoms with Crippen LogP contribution in [0.25, 0.3) is 10.8 Å². The summed E-state index contributed by atoms with van der Waals surface area (Å²) in [5.74, 6) is -0.682. The van der Waals surface area contributed by atoms with Crippen LogP contribution in [-0.4, -0.2) is 22.2 Å². The second-order valence-electron chi connectivity index (χ2n) is 6.71. The Morgan fingerprint density at radius 2 is 1.86 bits per heavy atom. The first-order chi connectivity index (χ1) is 13.3. The van der Waals surface area contributed by atoms with Gasteiger partial charge in [0.25, 0.3) is 5.56 Å². The lowest BCUT2D eigenvalue weighted by atomic mass is 10.00. The van der Waals surface area contributed by atoms with Crippen LogP contribution in [0.5, 0.6) is 0 Å². The highest BCUT2D eigenvalue weighted by Crippen LogP contribution is 2.28. The Morgan fingerprint density at radius 3 is 2.54 bits per heavy atom. The van der Waals surface area contributed by atoms with Gasteiger partial charge in [-0.15, -0.1) is 0 Å². The van der Waals surface area contributed by atoms with Crippen molar-refractivity contribution in [1.82, 2.24) is 4.57 Å². The maximum Gasteiger partial charge on any atom is 0.258 e. The molecule has 0 radical (unpaired) electrons. The zero-order valence-electron chi connectivity index (χ0n) is 15.4. The molecule has 0 saturated heterocycles. The predicted molar refractivity (Wildman–Crippen MR) is 114 cm³/mol. The molecule has 3 aromatic rings. The molecule has 146 valence electrons. The van der Waals surface area contributed by atoms with E-state index in [0.717, 1.165) is 5.56 Å². The van der Waals surface area contributed by atoms with Gasteiger partial charge in [0.05, 0.1) is 28.6 Å². The van der Waals surface area contributed by atoms with Gasteiger partial charge in [-0.1, -0.05) is 35.3 Å². The number of aliphatic hydroxyl groups excluding tert-OH is 1. The minimum absolute atomic E-state index is 0.136. The second kappa shape index (κ2) is 8.35. The molecular weight excluding hydrogens is 399 g/mol. The molecular formula is C21H20Cl2N2O3. The average Bonchev–Trinajstić information content (AvgIpc) is 2.69. The van der Waals surface area contributed by atoms with Crippen LogP contribution < -0.4 is 10.9 Å². The molecule has 2 atom stereocenters. The molecule has 0 bridgehead atoms. The third kappa shape index (κ3) is 3.92. The summed E-state index contributed by atoms with van der Waals surface area (Å²) < 4.78 is 1.48. The number of hydrogen-bond acceptors (Lipinski definition) is 3. The predicted octanol–water partition coefficient (Wildman–Crippen LogP) is 4.60. The van der Waals surface area contributed by atoms with Gasteiger partial charge in [-0.05, 0) is 49.7 Å². The summed E-state index contributed by atoms with van der Waals surface area (Å²) >= 11 is 12.0. The van der Waals surface area contributed by atoms with E-state index in [4.69, 9.17) is 23.2 Å². The van der Waals surface area contributed by atoms with E-state index >= 15 is 0 Å². The number of rotatable bonds is 5. The van der Waals surface area contributed by atoms with Gasteiger partial charge in [0.2, 0.25) is 5.91 Å². The quantitative estimate of drug-likeness (QED) is 0.635. The minimum atomic E-state index is -0.459. The number of halogens is 2. The lowest BCUT2D eigenvalue weighted by molar-refractivity contribution is -0.117. The van der Waals surface area contributed by atoms with Gasteiger partial charge >= 0.3 is 0 Å². The van der Waals surface area contributed by atoms with Gasteiger partial charge in [-0.3, -0.25) is 9.59 Å². The fourth-order valence-electron chi connectivity index (χ4n) is 3.01. The number of hydrogen-bond donors (Lipinski definition) is 2. The van der Waals surface area contributed by atoms with E-state index in [1.165, 1.54) is 4.57 Å². The maximum absolute atomic E-state index is 12.8. The smallest absolute Gasteiger partial charge is 0.258 e. The van der Waals surface area contributed by atoms with E-state index in [0.29, 0.717) is 26.5 Å². The zero-order chi connectivity index (χ0) is 20.4. The standard InChI is InChI=1S/C21H20Cl2N2O3/c1-12(11-26)25-9-8-15-16(21(25)28)4-3-5-19(15)24-20(27)13(2)14-6-7-17(22)18(23)10-14/h3-10,12-13,26H,11H2,1-2H3,(H,24,27)/t12-,13?/m1/s1. The number of fused-ring (bicyclic) bond motifs is 1. The van der Waals surface area contributed by atoms with Crippen molar-refractivity contribution >= 4 is 45.6 Å². The van der Waals surface area contributed by atoms with Gasteiger partial charge < -0.3 is 15.0 Å². The van der Waals surface area contributed by atoms with Crippen LogP contribution in [0.15, 0.2) is 53.5 Å². The molecule has 1 aromatic heterocycles. The van der Waals surface area contributed by atoms with Crippen LogP contribution in [-0.2, 0) is 4.79 Å². The monoisotopic (exact) mass is 418 g/mol. The Labute approximate surface area is 172 Å². The Kier molecular flexibility index (Phi) is 6.08. The van der Waals surface area contributed by atoms with E-state index in [9.17, 15) is 14.7 Å². The highest BCUT2D eigenvalue weighted by atomic mass is 35.5. The Morgan fingerprint density at radius 1 is 1.11 bits per heavy atom. The summed E-state index contributed by atoms with van der Waals surface area (Å²) in [6.45, 7) is 3.40. The third-order valence-corrected chi connectivity index (χ3v) is 5.55. The van der Waals surface area contributed by atoms with Crippen LogP contribution in [0.1, 0.15) is 31.4 Å². The van der Waals surface area contributed by atoms with Crippen molar-refractivity contribution in [2.45, 2.75) is 25.8 Å². The van der Waals surface area contributed by atoms with Gasteiger partial charge in [-0.2, -0.15) is 0 Å². The van der Waals surface area contributed by atoms with E-state index in [1.807, 2.05) is 0 Å². The van der Waals surface area contributed by atoms with Crippen molar-refractivity contribution in [3.8, 4) is 0 Å². The van der Waals surface area contributed by atoms with Gasteiger partial charge in [0, 0.05) is 22.7 Å². The maximum atomic E-state index is 12.8. The molecule has 1 unspecified atom stereocenters. The molecule has 28 heavy (non-hydrogen) atoms. The number of carbonyl (C=O) groups excluding carboxylic acids is 1. The van der Waals surface area contributed by atoms with E-state index in [1.54, 1.807) is 62.5 Å². The van der Waals surface area contributed by atoms with Crippen LogP contribution in [0.3, 0.4) is 0 Å². The largest absolute Gasteiger partial charge is 0.394 e. The highest BCUT2D eigenvalue weighted by molar-refractivity contribution is 6.42. The van der Waals surface area contributed by atoms with Crippen molar-refractivity contribution in [3.05, 3.63) is 74.6 Å². The number of nitrogens with one attached hydrogen (secondary N) is 1. The number of aromatic nitrogens is 1. The zero-order valence-corrected chi connectivity index (χ0v) is 17.0. The molecule has 0 aliphatic heterocycles. The molecule has 0 spiro atoms. The minimum Gasteiger partial charge on any atom is -0.394 e. The van der Waals surface area contributed by atoms with Crippen molar-refractivity contribution in [2.24, 2.45) is 0 Å². The van der Waals surface area contributed by atoms with Crippen LogP contribution in [0.2, 0.25) is 10.0 Å². The Balaban J connectivity index is 1.93. The molecule has 0 fully saturated rings. The Bertz CT molecular complexity index is 1090. The number of aliphatic hydroxyl groups is 1.